The zero-order valence-electron chi connectivity index (χ0n) is 13.3. The molecular weight excluding hydrogens is 256 g/mol. The van der Waals surface area contributed by atoms with Gasteiger partial charge in [-0.15, -0.1) is 0 Å². The van der Waals surface area contributed by atoms with Gasteiger partial charge >= 0.3 is 0 Å². The summed E-state index contributed by atoms with van der Waals surface area (Å²) >= 11 is 0. The first-order chi connectivity index (χ1) is 10.0. The Labute approximate surface area is 128 Å². The van der Waals surface area contributed by atoms with E-state index in [1.165, 1.54) is 22.3 Å². The number of aliphatic hydroxyl groups excluding tert-OH is 1. The predicted octanol–water partition coefficient (Wildman–Crippen LogP) is 4.65. The van der Waals surface area contributed by atoms with Gasteiger partial charge in [-0.05, 0) is 48.8 Å². The fourth-order valence-corrected chi connectivity index (χ4v) is 2.61. The van der Waals surface area contributed by atoms with E-state index in [1.807, 2.05) is 0 Å². The molecule has 0 fully saturated rings. The van der Waals surface area contributed by atoms with Crippen LogP contribution in [0.1, 0.15) is 48.4 Å². The molecule has 1 nitrogen and oxygen atoms in total. The second kappa shape index (κ2) is 7.42. The highest BCUT2D eigenvalue weighted by molar-refractivity contribution is 5.25. The molecule has 0 aliphatic rings. The average molecular weight is 282 g/mol. The van der Waals surface area contributed by atoms with Crippen LogP contribution in [-0.4, -0.2) is 11.2 Å². The molecule has 0 saturated carbocycles. The minimum absolute atomic E-state index is 0.268. The second-order valence-corrected chi connectivity index (χ2v) is 6.28. The quantitative estimate of drug-likeness (QED) is 0.817. The van der Waals surface area contributed by atoms with Crippen molar-refractivity contribution < 1.29 is 5.11 Å². The third-order valence-corrected chi connectivity index (χ3v) is 3.97. The molecule has 0 heterocycles. The zero-order chi connectivity index (χ0) is 15.2. The van der Waals surface area contributed by atoms with E-state index in [1.54, 1.807) is 0 Å². The van der Waals surface area contributed by atoms with Gasteiger partial charge in [0.1, 0.15) is 0 Å². The normalized spacial score (nSPS) is 12.6. The molecule has 1 unspecified atom stereocenters. The molecule has 0 bridgehead atoms. The first-order valence-corrected chi connectivity index (χ1v) is 7.87. The number of hydrogen-bond acceptors (Lipinski definition) is 1. The number of aliphatic hydroxyl groups is 1. The van der Waals surface area contributed by atoms with Crippen molar-refractivity contribution >= 4 is 0 Å². The monoisotopic (exact) mass is 282 g/mol. The molecule has 1 heteroatoms. The van der Waals surface area contributed by atoms with Gasteiger partial charge in [-0.25, -0.2) is 0 Å². The van der Waals surface area contributed by atoms with Gasteiger partial charge in [0, 0.05) is 0 Å². The molecule has 0 saturated heterocycles. The molecule has 1 atom stereocenters. The number of aryl methyl sites for hydroxylation is 2. The molecule has 1 N–H and O–H groups in total. The van der Waals surface area contributed by atoms with Gasteiger partial charge in [0.2, 0.25) is 0 Å². The molecule has 21 heavy (non-hydrogen) atoms. The maximum absolute atomic E-state index is 10.2. The van der Waals surface area contributed by atoms with Crippen molar-refractivity contribution in [1.82, 2.24) is 0 Å². The van der Waals surface area contributed by atoms with Crippen LogP contribution in [0.4, 0.5) is 0 Å². The molecule has 0 aliphatic heterocycles. The molecule has 0 amide bonds. The summed E-state index contributed by atoms with van der Waals surface area (Å²) in [6.07, 6.45) is 2.22. The van der Waals surface area contributed by atoms with E-state index in [2.05, 4.69) is 69.3 Å². The van der Waals surface area contributed by atoms with E-state index < -0.39 is 0 Å². The van der Waals surface area contributed by atoms with Crippen LogP contribution >= 0.6 is 0 Å². The maximum Gasteiger partial charge on any atom is 0.0583 e. The van der Waals surface area contributed by atoms with Gasteiger partial charge in [-0.1, -0.05) is 67.9 Å². The van der Waals surface area contributed by atoms with Gasteiger partial charge in [-0.3, -0.25) is 0 Å². The fourth-order valence-electron chi connectivity index (χ4n) is 2.61. The Morgan fingerprint density at radius 2 is 1.67 bits per heavy atom. The van der Waals surface area contributed by atoms with Crippen LogP contribution < -0.4 is 0 Å². The Kier molecular flexibility index (Phi) is 5.58. The lowest BCUT2D eigenvalue weighted by molar-refractivity contribution is 0.165. The lowest BCUT2D eigenvalue weighted by Crippen LogP contribution is -2.11. The van der Waals surface area contributed by atoms with Crippen LogP contribution in [0.15, 0.2) is 48.5 Å². The Hall–Kier alpha value is -1.60. The van der Waals surface area contributed by atoms with Crippen LogP contribution in [0.5, 0.6) is 0 Å². The summed E-state index contributed by atoms with van der Waals surface area (Å²) in [5.74, 6) is 0.560. The molecule has 2 aromatic rings. The minimum atomic E-state index is -0.268. The maximum atomic E-state index is 10.2. The van der Waals surface area contributed by atoms with E-state index >= 15 is 0 Å². The van der Waals surface area contributed by atoms with Crippen LogP contribution in [0, 0.1) is 6.92 Å². The number of rotatable bonds is 6. The van der Waals surface area contributed by atoms with E-state index in [9.17, 15) is 5.11 Å². The topological polar surface area (TPSA) is 20.2 Å². The summed E-state index contributed by atoms with van der Waals surface area (Å²) in [4.78, 5) is 0. The standard InChI is InChI=1S/C20H26O/c1-15(2)19-10-7-18(8-11-19)14-20(21)12-9-17-6-4-5-16(3)13-17/h4-8,10-11,13,15,20-21H,9,12,14H2,1-3H3. The van der Waals surface area contributed by atoms with E-state index in [0.717, 1.165) is 19.3 Å². The number of benzene rings is 2. The van der Waals surface area contributed by atoms with Gasteiger partial charge in [0.25, 0.3) is 0 Å². The van der Waals surface area contributed by atoms with E-state index in [4.69, 9.17) is 0 Å². The summed E-state index contributed by atoms with van der Waals surface area (Å²) in [5.41, 5.74) is 5.17. The van der Waals surface area contributed by atoms with E-state index in [0.29, 0.717) is 5.92 Å². The molecule has 2 rings (SSSR count). The SMILES string of the molecule is Cc1cccc(CCC(O)Cc2ccc(C(C)C)cc2)c1. The average Bonchev–Trinajstić information content (AvgIpc) is 2.46. The Morgan fingerprint density at radius 1 is 0.952 bits per heavy atom. The van der Waals surface area contributed by atoms with Crippen molar-refractivity contribution in [3.63, 3.8) is 0 Å². The van der Waals surface area contributed by atoms with Crippen LogP contribution in [0.2, 0.25) is 0 Å². The second-order valence-electron chi connectivity index (χ2n) is 6.28. The van der Waals surface area contributed by atoms with Gasteiger partial charge in [0.15, 0.2) is 0 Å². The van der Waals surface area contributed by atoms with Crippen molar-refractivity contribution in [3.8, 4) is 0 Å². The highest BCUT2D eigenvalue weighted by Crippen LogP contribution is 2.16. The van der Waals surface area contributed by atoms with Crippen molar-refractivity contribution in [2.75, 3.05) is 0 Å². The van der Waals surface area contributed by atoms with Crippen LogP contribution in [-0.2, 0) is 12.8 Å². The van der Waals surface area contributed by atoms with Gasteiger partial charge in [-0.2, -0.15) is 0 Å². The minimum Gasteiger partial charge on any atom is -0.393 e. The summed E-state index contributed by atoms with van der Waals surface area (Å²) in [6, 6.07) is 17.2. The van der Waals surface area contributed by atoms with Crippen LogP contribution in [0.3, 0.4) is 0 Å². The third-order valence-electron chi connectivity index (χ3n) is 3.97. The summed E-state index contributed by atoms with van der Waals surface area (Å²) in [7, 11) is 0. The first-order valence-electron chi connectivity index (χ1n) is 7.87. The lowest BCUT2D eigenvalue weighted by atomic mass is 9.97. The van der Waals surface area contributed by atoms with Crippen LogP contribution in [0.25, 0.3) is 0 Å². The van der Waals surface area contributed by atoms with Crippen molar-refractivity contribution in [3.05, 3.63) is 70.8 Å². The fraction of sp³-hybridized carbons (Fsp3) is 0.400. The molecular formula is C20H26O. The zero-order valence-corrected chi connectivity index (χ0v) is 13.3. The summed E-state index contributed by atoms with van der Waals surface area (Å²) in [5, 5.41) is 10.2. The Bertz CT molecular complexity index is 554. The van der Waals surface area contributed by atoms with Gasteiger partial charge < -0.3 is 5.11 Å². The highest BCUT2D eigenvalue weighted by atomic mass is 16.3. The molecule has 0 spiro atoms. The van der Waals surface area contributed by atoms with Gasteiger partial charge in [0.05, 0.1) is 6.10 Å². The largest absolute Gasteiger partial charge is 0.393 e. The first kappa shape index (κ1) is 15.8. The van der Waals surface area contributed by atoms with E-state index in [-0.39, 0.29) is 6.10 Å². The molecule has 2 aromatic carbocycles. The highest BCUT2D eigenvalue weighted by Gasteiger charge is 2.07. The summed E-state index contributed by atoms with van der Waals surface area (Å²) in [6.45, 7) is 6.51. The van der Waals surface area contributed by atoms with Crippen molar-refractivity contribution in [2.24, 2.45) is 0 Å². The summed E-state index contributed by atoms with van der Waals surface area (Å²) < 4.78 is 0. The third kappa shape index (κ3) is 5.02. The molecule has 0 aromatic heterocycles. The Balaban J connectivity index is 1.85. The number of hydrogen-bond donors (Lipinski definition) is 1. The Morgan fingerprint density at radius 3 is 2.29 bits per heavy atom. The molecule has 0 aliphatic carbocycles. The molecule has 112 valence electrons. The predicted molar refractivity (Wildman–Crippen MR) is 89.7 cm³/mol. The van der Waals surface area contributed by atoms with Crippen molar-refractivity contribution in [1.29, 1.82) is 0 Å². The smallest absolute Gasteiger partial charge is 0.0583 e. The van der Waals surface area contributed by atoms with Crippen molar-refractivity contribution in [2.45, 2.75) is 52.1 Å². The lowest BCUT2D eigenvalue weighted by Gasteiger charge is -2.12. The molecule has 0 radical (unpaired) electrons.